The summed E-state index contributed by atoms with van der Waals surface area (Å²) in [5.74, 6) is 2.33. The molecule has 0 aromatic carbocycles. The van der Waals surface area contributed by atoms with Crippen LogP contribution < -0.4 is 11.1 Å². The van der Waals surface area contributed by atoms with Crippen molar-refractivity contribution in [3.63, 3.8) is 0 Å². The number of hydrogen-bond acceptors (Lipinski definition) is 2. The van der Waals surface area contributed by atoms with E-state index < -0.39 is 0 Å². The van der Waals surface area contributed by atoms with Crippen molar-refractivity contribution in [2.24, 2.45) is 29.4 Å². The first-order valence-corrected chi connectivity index (χ1v) is 7.55. The van der Waals surface area contributed by atoms with E-state index in [0.717, 1.165) is 31.6 Å². The van der Waals surface area contributed by atoms with Gasteiger partial charge in [0.1, 0.15) is 0 Å². The van der Waals surface area contributed by atoms with E-state index >= 15 is 0 Å². The Morgan fingerprint density at radius 2 is 1.72 bits per heavy atom. The van der Waals surface area contributed by atoms with E-state index in [0.29, 0.717) is 17.9 Å². The van der Waals surface area contributed by atoms with Gasteiger partial charge in [0.2, 0.25) is 5.91 Å². The fraction of sp³-hybridized carbons (Fsp3) is 0.933. The molecule has 0 saturated heterocycles. The third kappa shape index (κ3) is 2.87. The van der Waals surface area contributed by atoms with Gasteiger partial charge in [0.05, 0.1) is 0 Å². The predicted molar refractivity (Wildman–Crippen MR) is 74.0 cm³/mol. The van der Waals surface area contributed by atoms with E-state index in [1.807, 2.05) is 0 Å². The van der Waals surface area contributed by atoms with E-state index in [-0.39, 0.29) is 17.9 Å². The smallest absolute Gasteiger partial charge is 0.223 e. The van der Waals surface area contributed by atoms with Gasteiger partial charge >= 0.3 is 0 Å². The van der Waals surface area contributed by atoms with Gasteiger partial charge < -0.3 is 11.1 Å². The zero-order chi connectivity index (χ0) is 13.3. The monoisotopic (exact) mass is 252 g/mol. The largest absolute Gasteiger partial charge is 0.353 e. The summed E-state index contributed by atoms with van der Waals surface area (Å²) >= 11 is 0. The fourth-order valence-electron chi connectivity index (χ4n) is 3.46. The molecule has 2 rings (SSSR count). The second-order valence-corrected chi connectivity index (χ2v) is 6.68. The lowest BCUT2D eigenvalue weighted by Crippen LogP contribution is -2.45. The summed E-state index contributed by atoms with van der Waals surface area (Å²) < 4.78 is 0. The SMILES string of the molecule is CC1CCC(C(=O)NC2CCC(C)C2C)CC1N. The standard InChI is InChI=1S/C15H28N2O/c1-9-5-7-14(11(9)3)17-15(18)12-6-4-10(2)13(16)8-12/h9-14H,4-8,16H2,1-3H3,(H,17,18). The molecule has 1 amide bonds. The summed E-state index contributed by atoms with van der Waals surface area (Å²) in [6.45, 7) is 6.74. The first-order valence-electron chi connectivity index (χ1n) is 7.55. The van der Waals surface area contributed by atoms with Gasteiger partial charge in [-0.3, -0.25) is 4.79 Å². The number of carbonyl (C=O) groups is 1. The van der Waals surface area contributed by atoms with E-state index in [4.69, 9.17) is 5.73 Å². The average Bonchev–Trinajstić information content (AvgIpc) is 2.64. The van der Waals surface area contributed by atoms with Crippen molar-refractivity contribution in [2.75, 3.05) is 0 Å². The zero-order valence-corrected chi connectivity index (χ0v) is 12.0. The van der Waals surface area contributed by atoms with Crippen molar-refractivity contribution in [3.8, 4) is 0 Å². The highest BCUT2D eigenvalue weighted by atomic mass is 16.1. The molecule has 3 heteroatoms. The van der Waals surface area contributed by atoms with Gasteiger partial charge in [0.25, 0.3) is 0 Å². The summed E-state index contributed by atoms with van der Waals surface area (Å²) in [6, 6.07) is 0.595. The van der Waals surface area contributed by atoms with Gasteiger partial charge in [0, 0.05) is 18.0 Å². The van der Waals surface area contributed by atoms with Crippen LogP contribution in [0.25, 0.3) is 0 Å². The molecule has 3 N–H and O–H groups in total. The Labute approximate surface area is 111 Å². The van der Waals surface area contributed by atoms with Crippen LogP contribution in [0.5, 0.6) is 0 Å². The first kappa shape index (κ1) is 13.9. The maximum absolute atomic E-state index is 12.3. The third-order valence-corrected chi connectivity index (χ3v) is 5.42. The molecular formula is C15H28N2O. The van der Waals surface area contributed by atoms with Gasteiger partial charge in [-0.1, -0.05) is 20.8 Å². The Bertz CT molecular complexity index is 305. The molecule has 2 saturated carbocycles. The Balaban J connectivity index is 1.85. The molecule has 2 aliphatic carbocycles. The fourth-order valence-corrected chi connectivity index (χ4v) is 3.46. The summed E-state index contributed by atoms with van der Waals surface area (Å²) in [5.41, 5.74) is 6.08. The molecule has 0 spiro atoms. The molecule has 0 aliphatic heterocycles. The van der Waals surface area contributed by atoms with Crippen LogP contribution in [0.4, 0.5) is 0 Å². The first-order chi connectivity index (χ1) is 8.49. The Morgan fingerprint density at radius 3 is 2.28 bits per heavy atom. The molecule has 18 heavy (non-hydrogen) atoms. The van der Waals surface area contributed by atoms with Crippen LogP contribution in [0.3, 0.4) is 0 Å². The molecular weight excluding hydrogens is 224 g/mol. The van der Waals surface area contributed by atoms with Gasteiger partial charge in [-0.2, -0.15) is 0 Å². The van der Waals surface area contributed by atoms with Gasteiger partial charge in [-0.15, -0.1) is 0 Å². The quantitative estimate of drug-likeness (QED) is 0.792. The Hall–Kier alpha value is -0.570. The van der Waals surface area contributed by atoms with Crippen molar-refractivity contribution in [1.82, 2.24) is 5.32 Å². The second kappa shape index (κ2) is 5.60. The van der Waals surface area contributed by atoms with Crippen molar-refractivity contribution in [1.29, 1.82) is 0 Å². The van der Waals surface area contributed by atoms with Crippen molar-refractivity contribution < 1.29 is 4.79 Å². The van der Waals surface area contributed by atoms with Crippen molar-refractivity contribution in [3.05, 3.63) is 0 Å². The maximum Gasteiger partial charge on any atom is 0.223 e. The minimum absolute atomic E-state index is 0.152. The molecule has 104 valence electrons. The van der Waals surface area contributed by atoms with E-state index in [1.54, 1.807) is 0 Å². The highest BCUT2D eigenvalue weighted by Crippen LogP contribution is 2.32. The highest BCUT2D eigenvalue weighted by molar-refractivity contribution is 5.79. The van der Waals surface area contributed by atoms with Crippen molar-refractivity contribution >= 4 is 5.91 Å². The van der Waals surface area contributed by atoms with Gasteiger partial charge in [-0.25, -0.2) is 0 Å². The molecule has 2 fully saturated rings. The molecule has 3 nitrogen and oxygen atoms in total. The zero-order valence-electron chi connectivity index (χ0n) is 12.0. The van der Waals surface area contributed by atoms with Crippen LogP contribution in [0.1, 0.15) is 52.9 Å². The summed E-state index contributed by atoms with van der Waals surface area (Å²) in [5, 5.41) is 3.27. The average molecular weight is 252 g/mol. The van der Waals surface area contributed by atoms with E-state index in [9.17, 15) is 4.79 Å². The summed E-state index contributed by atoms with van der Waals surface area (Å²) in [7, 11) is 0. The number of carbonyl (C=O) groups excluding carboxylic acids is 1. The maximum atomic E-state index is 12.3. The Kier molecular flexibility index (Phi) is 4.31. The Morgan fingerprint density at radius 1 is 1.06 bits per heavy atom. The topological polar surface area (TPSA) is 55.1 Å². The summed E-state index contributed by atoms with van der Waals surface area (Å²) in [4.78, 5) is 12.3. The van der Waals surface area contributed by atoms with Crippen LogP contribution in [-0.2, 0) is 4.79 Å². The van der Waals surface area contributed by atoms with Crippen LogP contribution in [0.2, 0.25) is 0 Å². The number of amides is 1. The number of nitrogens with two attached hydrogens (primary N) is 1. The van der Waals surface area contributed by atoms with Crippen LogP contribution in [0.15, 0.2) is 0 Å². The highest BCUT2D eigenvalue weighted by Gasteiger charge is 2.34. The van der Waals surface area contributed by atoms with Crippen LogP contribution >= 0.6 is 0 Å². The third-order valence-electron chi connectivity index (χ3n) is 5.42. The molecule has 2 aliphatic rings. The summed E-state index contributed by atoms with van der Waals surface area (Å²) in [6.07, 6.45) is 5.35. The van der Waals surface area contributed by atoms with Crippen molar-refractivity contribution in [2.45, 2.75) is 65.0 Å². The lowest BCUT2D eigenvalue weighted by atomic mass is 9.79. The number of hydrogen-bond donors (Lipinski definition) is 2. The molecule has 0 aromatic heterocycles. The minimum Gasteiger partial charge on any atom is -0.353 e. The number of rotatable bonds is 2. The lowest BCUT2D eigenvalue weighted by molar-refractivity contribution is -0.127. The molecule has 0 aromatic rings. The minimum atomic E-state index is 0.152. The van der Waals surface area contributed by atoms with Crippen LogP contribution in [0, 0.1) is 23.7 Å². The molecule has 0 heterocycles. The molecule has 0 radical (unpaired) electrons. The predicted octanol–water partition coefficient (Wildman–Crippen LogP) is 2.30. The van der Waals surface area contributed by atoms with Gasteiger partial charge in [0.15, 0.2) is 0 Å². The van der Waals surface area contributed by atoms with Gasteiger partial charge in [-0.05, 0) is 49.9 Å². The normalized spacial score (nSPS) is 44.9. The second-order valence-electron chi connectivity index (χ2n) is 6.68. The van der Waals surface area contributed by atoms with Crippen LogP contribution in [-0.4, -0.2) is 18.0 Å². The van der Waals surface area contributed by atoms with E-state index in [2.05, 4.69) is 26.1 Å². The van der Waals surface area contributed by atoms with E-state index in [1.165, 1.54) is 6.42 Å². The number of nitrogens with one attached hydrogen (secondary N) is 1. The molecule has 6 unspecified atom stereocenters. The lowest BCUT2D eigenvalue weighted by Gasteiger charge is -2.32. The molecule has 6 atom stereocenters. The molecule has 0 bridgehead atoms.